The third-order valence-corrected chi connectivity index (χ3v) is 6.68. The van der Waals surface area contributed by atoms with Gasteiger partial charge in [-0.3, -0.25) is 4.72 Å². The van der Waals surface area contributed by atoms with Crippen LogP contribution in [0.3, 0.4) is 0 Å². The molecule has 2 rings (SSSR count). The van der Waals surface area contributed by atoms with E-state index in [-0.39, 0.29) is 10.0 Å². The lowest BCUT2D eigenvalue weighted by Gasteiger charge is -2.06. The number of thiophene rings is 1. The van der Waals surface area contributed by atoms with Crippen LogP contribution in [0.4, 0.5) is 5.82 Å². The van der Waals surface area contributed by atoms with E-state index in [2.05, 4.69) is 41.6 Å². The summed E-state index contributed by atoms with van der Waals surface area (Å²) in [6, 6.07) is 5.06. The Labute approximate surface area is 126 Å². The minimum Gasteiger partial charge on any atom is -0.262 e. The van der Waals surface area contributed by atoms with Gasteiger partial charge >= 0.3 is 0 Å². The first-order valence-corrected chi connectivity index (χ1v) is 8.68. The van der Waals surface area contributed by atoms with Crippen molar-refractivity contribution in [1.82, 2.24) is 4.98 Å². The van der Waals surface area contributed by atoms with Gasteiger partial charge in [-0.15, -0.1) is 11.3 Å². The molecular formula is C10H8Br2N2O2S2. The summed E-state index contributed by atoms with van der Waals surface area (Å²) in [5, 5.41) is 0. The number of pyridine rings is 1. The number of hydrogen-bond donors (Lipinski definition) is 1. The normalized spacial score (nSPS) is 11.5. The summed E-state index contributed by atoms with van der Waals surface area (Å²) in [5.74, 6) is 0.277. The maximum atomic E-state index is 12.1. The van der Waals surface area contributed by atoms with Crippen molar-refractivity contribution >= 4 is 59.0 Å². The van der Waals surface area contributed by atoms with E-state index in [0.29, 0.717) is 4.47 Å². The van der Waals surface area contributed by atoms with Gasteiger partial charge in [0.25, 0.3) is 10.0 Å². The Balaban J connectivity index is 2.36. The molecule has 18 heavy (non-hydrogen) atoms. The maximum absolute atomic E-state index is 12.1. The molecule has 0 spiro atoms. The van der Waals surface area contributed by atoms with E-state index < -0.39 is 10.0 Å². The minimum atomic E-state index is -3.59. The lowest BCUT2D eigenvalue weighted by atomic mass is 10.4. The summed E-state index contributed by atoms with van der Waals surface area (Å²) in [5.41, 5.74) is 0.889. The van der Waals surface area contributed by atoms with E-state index in [1.807, 2.05) is 6.92 Å². The van der Waals surface area contributed by atoms with Crippen molar-refractivity contribution in [3.63, 3.8) is 0 Å². The van der Waals surface area contributed by atoms with E-state index in [9.17, 15) is 8.42 Å². The lowest BCUT2D eigenvalue weighted by molar-refractivity contribution is 0.603. The lowest BCUT2D eigenvalue weighted by Crippen LogP contribution is -2.12. The predicted octanol–water partition coefficient (Wildman–Crippen LogP) is 3.78. The molecular weight excluding hydrogens is 404 g/mol. The third-order valence-electron chi connectivity index (χ3n) is 2.09. The fourth-order valence-electron chi connectivity index (χ4n) is 1.20. The number of sulfonamides is 1. The highest BCUT2D eigenvalue weighted by Crippen LogP contribution is 2.32. The van der Waals surface area contributed by atoms with Crippen LogP contribution in [0.1, 0.15) is 5.56 Å². The monoisotopic (exact) mass is 410 g/mol. The molecule has 1 N–H and O–H groups in total. The molecule has 0 fully saturated rings. The fourth-order valence-corrected chi connectivity index (χ4v) is 4.94. The second-order valence-electron chi connectivity index (χ2n) is 3.46. The molecule has 2 aromatic rings. The molecule has 0 aliphatic carbocycles. The number of anilines is 1. The zero-order valence-electron chi connectivity index (χ0n) is 9.15. The first kappa shape index (κ1) is 14.0. The summed E-state index contributed by atoms with van der Waals surface area (Å²) in [6.45, 7) is 1.84. The molecule has 0 amide bonds. The van der Waals surface area contributed by atoms with Gasteiger partial charge < -0.3 is 0 Å². The van der Waals surface area contributed by atoms with E-state index >= 15 is 0 Å². The summed E-state index contributed by atoms with van der Waals surface area (Å²) in [4.78, 5) is 3.97. The summed E-state index contributed by atoms with van der Waals surface area (Å²) in [7, 11) is -3.59. The minimum absolute atomic E-state index is 0.254. The highest BCUT2D eigenvalue weighted by Gasteiger charge is 2.19. The Morgan fingerprint density at radius 3 is 2.67 bits per heavy atom. The van der Waals surface area contributed by atoms with Gasteiger partial charge in [0.05, 0.1) is 8.26 Å². The first-order valence-electron chi connectivity index (χ1n) is 4.79. The van der Waals surface area contributed by atoms with E-state index in [0.717, 1.165) is 9.35 Å². The van der Waals surface area contributed by atoms with Crippen molar-refractivity contribution in [2.24, 2.45) is 0 Å². The van der Waals surface area contributed by atoms with Gasteiger partial charge in [0.1, 0.15) is 4.21 Å². The van der Waals surface area contributed by atoms with Gasteiger partial charge in [-0.05, 0) is 62.5 Å². The number of hydrogen-bond acceptors (Lipinski definition) is 4. The molecule has 0 saturated heterocycles. The molecule has 0 aliphatic heterocycles. The Bertz CT molecular complexity index is 663. The average Bonchev–Trinajstić information content (AvgIpc) is 2.63. The van der Waals surface area contributed by atoms with Crippen LogP contribution < -0.4 is 4.72 Å². The van der Waals surface area contributed by atoms with Gasteiger partial charge in [0.2, 0.25) is 0 Å². The number of halogens is 2. The van der Waals surface area contributed by atoms with Crippen LogP contribution in [0.2, 0.25) is 0 Å². The van der Waals surface area contributed by atoms with Crippen molar-refractivity contribution in [3.05, 3.63) is 38.2 Å². The van der Waals surface area contributed by atoms with E-state index in [4.69, 9.17) is 0 Å². The van der Waals surface area contributed by atoms with Gasteiger partial charge in [-0.25, -0.2) is 13.4 Å². The molecule has 2 heterocycles. The summed E-state index contributed by atoms with van der Waals surface area (Å²) < 4.78 is 28.4. The van der Waals surface area contributed by atoms with Crippen molar-refractivity contribution < 1.29 is 8.42 Å². The Hall–Kier alpha value is -0.440. The van der Waals surface area contributed by atoms with Crippen LogP contribution in [0, 0.1) is 6.92 Å². The zero-order chi connectivity index (χ0) is 13.3. The van der Waals surface area contributed by atoms with Crippen molar-refractivity contribution in [2.75, 3.05) is 4.72 Å². The molecule has 0 atom stereocenters. The average molecular weight is 412 g/mol. The molecule has 0 radical (unpaired) electrons. The molecule has 0 aromatic carbocycles. The zero-order valence-corrected chi connectivity index (χ0v) is 14.0. The van der Waals surface area contributed by atoms with Crippen molar-refractivity contribution in [2.45, 2.75) is 11.1 Å². The topological polar surface area (TPSA) is 59.1 Å². The second kappa shape index (κ2) is 5.28. The summed E-state index contributed by atoms with van der Waals surface area (Å²) in [6.07, 6.45) is 1.53. The second-order valence-corrected chi connectivity index (χ2v) is 8.60. The van der Waals surface area contributed by atoms with Crippen molar-refractivity contribution in [1.29, 1.82) is 0 Å². The molecule has 2 aromatic heterocycles. The standard InChI is InChI=1S/C10H8Br2N2O2S2/c1-6-5-8(17-9(6)12)18(15,16)14-10-7(11)3-2-4-13-10/h2-5H,1H3,(H,13,14). The molecule has 96 valence electrons. The van der Waals surface area contributed by atoms with Crippen LogP contribution >= 0.6 is 43.2 Å². The Morgan fingerprint density at radius 1 is 1.39 bits per heavy atom. The van der Waals surface area contributed by atoms with Crippen LogP contribution in [0.5, 0.6) is 0 Å². The Morgan fingerprint density at radius 2 is 2.11 bits per heavy atom. The largest absolute Gasteiger partial charge is 0.272 e. The van der Waals surface area contributed by atoms with Crippen LogP contribution in [-0.2, 0) is 10.0 Å². The molecule has 0 bridgehead atoms. The van der Waals surface area contributed by atoms with Gasteiger partial charge in [-0.1, -0.05) is 0 Å². The summed E-state index contributed by atoms with van der Waals surface area (Å²) >= 11 is 7.73. The van der Waals surface area contributed by atoms with Crippen LogP contribution in [-0.4, -0.2) is 13.4 Å². The number of aryl methyl sites for hydroxylation is 1. The number of nitrogens with one attached hydrogen (secondary N) is 1. The molecule has 0 saturated carbocycles. The van der Waals surface area contributed by atoms with Gasteiger partial charge in [0, 0.05) is 6.20 Å². The highest BCUT2D eigenvalue weighted by atomic mass is 79.9. The third kappa shape index (κ3) is 2.93. The van der Waals surface area contributed by atoms with Crippen LogP contribution in [0.25, 0.3) is 0 Å². The molecule has 8 heteroatoms. The maximum Gasteiger partial charge on any atom is 0.272 e. The number of rotatable bonds is 3. The quantitative estimate of drug-likeness (QED) is 0.835. The molecule has 0 unspecified atom stereocenters. The van der Waals surface area contributed by atoms with E-state index in [1.54, 1.807) is 18.2 Å². The predicted molar refractivity (Wildman–Crippen MR) is 79.5 cm³/mol. The Kier molecular flexibility index (Phi) is 4.10. The smallest absolute Gasteiger partial charge is 0.262 e. The molecule has 4 nitrogen and oxygen atoms in total. The first-order chi connectivity index (χ1) is 8.40. The van der Waals surface area contributed by atoms with Crippen molar-refractivity contribution in [3.8, 4) is 0 Å². The van der Waals surface area contributed by atoms with E-state index in [1.165, 1.54) is 17.5 Å². The van der Waals surface area contributed by atoms with Gasteiger partial charge in [0.15, 0.2) is 5.82 Å². The SMILES string of the molecule is Cc1cc(S(=O)(=O)Nc2ncccc2Br)sc1Br. The fraction of sp³-hybridized carbons (Fsp3) is 0.100. The molecule has 0 aliphatic rings. The number of aromatic nitrogens is 1. The van der Waals surface area contributed by atoms with Gasteiger partial charge in [-0.2, -0.15) is 0 Å². The van der Waals surface area contributed by atoms with Crippen LogP contribution in [0.15, 0.2) is 36.9 Å². The highest BCUT2D eigenvalue weighted by molar-refractivity contribution is 9.11. The number of nitrogens with zero attached hydrogens (tertiary/aromatic N) is 1.